The van der Waals surface area contributed by atoms with Crippen molar-refractivity contribution < 1.29 is 13.2 Å². The van der Waals surface area contributed by atoms with E-state index in [1.54, 1.807) is 6.92 Å². The normalized spacial score (nSPS) is 14.3. The summed E-state index contributed by atoms with van der Waals surface area (Å²) in [5, 5.41) is 2.69. The third-order valence-electron chi connectivity index (χ3n) is 3.29. The second kappa shape index (κ2) is 5.88. The Labute approximate surface area is 124 Å². The van der Waals surface area contributed by atoms with Crippen LogP contribution in [0.2, 0.25) is 0 Å². The number of sulfone groups is 1. The van der Waals surface area contributed by atoms with E-state index >= 15 is 0 Å². The fourth-order valence-electron chi connectivity index (χ4n) is 1.50. The average Bonchev–Trinajstić information content (AvgIpc) is 2.36. The summed E-state index contributed by atoms with van der Waals surface area (Å²) >= 11 is 4.93. The zero-order valence-corrected chi connectivity index (χ0v) is 13.3. The highest BCUT2D eigenvalue weighted by molar-refractivity contribution is 7.90. The average molecular weight is 314 g/mol. The molecule has 3 N–H and O–H groups in total. The minimum atomic E-state index is -3.25. The Morgan fingerprint density at radius 3 is 2.20 bits per heavy atom. The summed E-state index contributed by atoms with van der Waals surface area (Å²) in [4.78, 5) is 12.5. The quantitative estimate of drug-likeness (QED) is 0.808. The third-order valence-corrected chi connectivity index (χ3v) is 4.87. The molecule has 0 aliphatic carbocycles. The molecular weight excluding hydrogens is 296 g/mol. The van der Waals surface area contributed by atoms with Gasteiger partial charge in [0.15, 0.2) is 9.84 Å². The van der Waals surface area contributed by atoms with Crippen LogP contribution in [0.4, 0.5) is 5.69 Å². The maximum Gasteiger partial charge on any atom is 0.237 e. The van der Waals surface area contributed by atoms with Crippen LogP contribution in [0.5, 0.6) is 0 Å². The van der Waals surface area contributed by atoms with Crippen LogP contribution in [-0.4, -0.2) is 25.6 Å². The van der Waals surface area contributed by atoms with E-state index in [9.17, 15) is 13.2 Å². The number of carbonyl (C=O) groups excluding carboxylic acids is 1. The standard InChI is InChI=1S/C13H18N2O3S2/c1-4-13(2,11(14)19)12(16)15-9-5-7-10(8-6-9)20(3,17)18/h5-8H,4H2,1-3H3,(H2,14,19)(H,15,16). The smallest absolute Gasteiger partial charge is 0.237 e. The second-order valence-electron chi connectivity index (χ2n) is 4.80. The molecule has 20 heavy (non-hydrogen) atoms. The van der Waals surface area contributed by atoms with E-state index in [-0.39, 0.29) is 15.8 Å². The fraction of sp³-hybridized carbons (Fsp3) is 0.385. The van der Waals surface area contributed by atoms with Gasteiger partial charge < -0.3 is 11.1 Å². The van der Waals surface area contributed by atoms with Crippen LogP contribution in [0, 0.1) is 5.41 Å². The molecule has 1 amide bonds. The molecule has 0 aromatic heterocycles. The van der Waals surface area contributed by atoms with Crippen LogP contribution in [-0.2, 0) is 14.6 Å². The lowest BCUT2D eigenvalue weighted by Crippen LogP contribution is -2.43. The molecule has 0 radical (unpaired) electrons. The van der Waals surface area contributed by atoms with Gasteiger partial charge in [0.1, 0.15) is 0 Å². The summed E-state index contributed by atoms with van der Waals surface area (Å²) in [6.07, 6.45) is 1.61. The molecule has 0 aliphatic rings. The van der Waals surface area contributed by atoms with Crippen molar-refractivity contribution in [1.29, 1.82) is 0 Å². The van der Waals surface area contributed by atoms with E-state index in [0.29, 0.717) is 12.1 Å². The highest BCUT2D eigenvalue weighted by Gasteiger charge is 2.34. The summed E-state index contributed by atoms with van der Waals surface area (Å²) in [5.41, 5.74) is 5.18. The van der Waals surface area contributed by atoms with Crippen LogP contribution in [0.3, 0.4) is 0 Å². The Morgan fingerprint density at radius 1 is 1.35 bits per heavy atom. The van der Waals surface area contributed by atoms with Crippen molar-refractivity contribution in [3.05, 3.63) is 24.3 Å². The van der Waals surface area contributed by atoms with Crippen molar-refractivity contribution >= 4 is 38.6 Å². The number of hydrogen-bond acceptors (Lipinski definition) is 4. The van der Waals surface area contributed by atoms with Gasteiger partial charge in [-0.05, 0) is 37.6 Å². The molecule has 0 bridgehead atoms. The van der Waals surface area contributed by atoms with Crippen LogP contribution < -0.4 is 11.1 Å². The molecule has 0 aliphatic heterocycles. The van der Waals surface area contributed by atoms with Gasteiger partial charge in [0.25, 0.3) is 0 Å². The number of benzene rings is 1. The van der Waals surface area contributed by atoms with Crippen LogP contribution >= 0.6 is 12.2 Å². The molecule has 1 unspecified atom stereocenters. The molecule has 1 aromatic rings. The van der Waals surface area contributed by atoms with E-state index < -0.39 is 15.3 Å². The molecule has 1 aromatic carbocycles. The molecule has 1 rings (SSSR count). The van der Waals surface area contributed by atoms with Crippen molar-refractivity contribution in [2.24, 2.45) is 11.1 Å². The molecule has 5 nitrogen and oxygen atoms in total. The number of amides is 1. The fourth-order valence-corrected chi connectivity index (χ4v) is 2.37. The lowest BCUT2D eigenvalue weighted by Gasteiger charge is -2.25. The van der Waals surface area contributed by atoms with Gasteiger partial charge in [0.05, 0.1) is 15.3 Å². The minimum absolute atomic E-state index is 0.130. The molecule has 0 spiro atoms. The third kappa shape index (κ3) is 3.55. The lowest BCUT2D eigenvalue weighted by atomic mass is 9.86. The second-order valence-corrected chi connectivity index (χ2v) is 7.26. The number of hydrogen-bond donors (Lipinski definition) is 2. The van der Waals surface area contributed by atoms with E-state index in [1.165, 1.54) is 24.3 Å². The largest absolute Gasteiger partial charge is 0.392 e. The van der Waals surface area contributed by atoms with Gasteiger partial charge in [-0.2, -0.15) is 0 Å². The predicted octanol–water partition coefficient (Wildman–Crippen LogP) is 1.73. The Kier molecular flexibility index (Phi) is 4.88. The van der Waals surface area contributed by atoms with Crippen LogP contribution in [0.1, 0.15) is 20.3 Å². The molecule has 0 saturated heterocycles. The summed E-state index contributed by atoms with van der Waals surface area (Å²) in [5.74, 6) is -0.306. The van der Waals surface area contributed by atoms with E-state index in [1.807, 2.05) is 6.92 Å². The van der Waals surface area contributed by atoms with Gasteiger partial charge in [0, 0.05) is 11.9 Å². The Morgan fingerprint density at radius 2 is 1.85 bits per heavy atom. The maximum atomic E-state index is 12.2. The highest BCUT2D eigenvalue weighted by atomic mass is 32.2. The number of thiocarbonyl (C=S) groups is 1. The summed E-state index contributed by atoms with van der Waals surface area (Å²) in [6, 6.07) is 5.94. The maximum absolute atomic E-state index is 12.2. The monoisotopic (exact) mass is 314 g/mol. The van der Waals surface area contributed by atoms with Gasteiger partial charge in [-0.3, -0.25) is 4.79 Å². The van der Waals surface area contributed by atoms with Crippen molar-refractivity contribution in [3.63, 3.8) is 0 Å². The number of nitrogens with one attached hydrogen (secondary N) is 1. The Balaban J connectivity index is 2.95. The van der Waals surface area contributed by atoms with Gasteiger partial charge in [-0.15, -0.1) is 0 Å². The lowest BCUT2D eigenvalue weighted by molar-refractivity contribution is -0.121. The van der Waals surface area contributed by atoms with Gasteiger partial charge in [-0.25, -0.2) is 8.42 Å². The molecule has 1 atom stereocenters. The molecule has 0 fully saturated rings. The topological polar surface area (TPSA) is 89.3 Å². The van der Waals surface area contributed by atoms with E-state index in [4.69, 9.17) is 18.0 Å². The Hall–Kier alpha value is -1.47. The SMILES string of the molecule is CCC(C)(C(=O)Nc1ccc(S(C)(=O)=O)cc1)C(N)=S. The Bertz CT molecular complexity index is 624. The summed E-state index contributed by atoms with van der Waals surface area (Å²) in [6.45, 7) is 3.50. The van der Waals surface area contributed by atoms with Gasteiger partial charge >= 0.3 is 0 Å². The number of carbonyl (C=O) groups is 1. The first-order valence-corrected chi connectivity index (χ1v) is 8.32. The number of anilines is 1. The number of rotatable bonds is 5. The molecule has 0 heterocycles. The van der Waals surface area contributed by atoms with Crippen molar-refractivity contribution in [1.82, 2.24) is 0 Å². The predicted molar refractivity (Wildman–Crippen MR) is 83.4 cm³/mol. The first kappa shape index (κ1) is 16.6. The summed E-state index contributed by atoms with van der Waals surface area (Å²) in [7, 11) is -3.25. The first-order valence-electron chi connectivity index (χ1n) is 6.02. The summed E-state index contributed by atoms with van der Waals surface area (Å²) < 4.78 is 22.7. The molecule has 0 saturated carbocycles. The first-order chi connectivity index (χ1) is 9.11. The molecule has 110 valence electrons. The van der Waals surface area contributed by atoms with Gasteiger partial charge in [0.2, 0.25) is 5.91 Å². The van der Waals surface area contributed by atoms with Crippen LogP contribution in [0.25, 0.3) is 0 Å². The van der Waals surface area contributed by atoms with E-state index in [0.717, 1.165) is 6.26 Å². The zero-order valence-electron chi connectivity index (χ0n) is 11.6. The zero-order chi connectivity index (χ0) is 15.6. The number of nitrogens with two attached hydrogens (primary N) is 1. The van der Waals surface area contributed by atoms with Crippen molar-refractivity contribution in [2.75, 3.05) is 11.6 Å². The van der Waals surface area contributed by atoms with Crippen LogP contribution in [0.15, 0.2) is 29.2 Å². The van der Waals surface area contributed by atoms with Crippen molar-refractivity contribution in [3.8, 4) is 0 Å². The molecule has 7 heteroatoms. The van der Waals surface area contributed by atoms with Gasteiger partial charge in [-0.1, -0.05) is 19.1 Å². The van der Waals surface area contributed by atoms with Crippen molar-refractivity contribution in [2.45, 2.75) is 25.2 Å². The molecular formula is C13H18N2O3S2. The van der Waals surface area contributed by atoms with E-state index in [2.05, 4.69) is 5.32 Å². The minimum Gasteiger partial charge on any atom is -0.392 e. The highest BCUT2D eigenvalue weighted by Crippen LogP contribution is 2.24.